The molecule has 0 saturated carbocycles. The maximum absolute atomic E-state index is 12.8. The molecule has 2 amide bonds. The van der Waals surface area contributed by atoms with E-state index in [9.17, 15) is 9.59 Å². The largest absolute Gasteiger partial charge is 0.337 e. The molecule has 3 heterocycles. The number of nitrogens with zero attached hydrogens (tertiary/aromatic N) is 4. The maximum atomic E-state index is 12.8. The minimum Gasteiger partial charge on any atom is -0.337 e. The van der Waals surface area contributed by atoms with E-state index < -0.39 is 0 Å². The smallest absolute Gasteiger partial charge is 0.272 e. The molecule has 0 N–H and O–H groups in total. The highest BCUT2D eigenvalue weighted by Crippen LogP contribution is 2.45. The average Bonchev–Trinajstić information content (AvgIpc) is 3.19. The number of benzene rings is 1. The fraction of sp³-hybridized carbons (Fsp3) is 0.400. The fourth-order valence-electron chi connectivity index (χ4n) is 4.35. The van der Waals surface area contributed by atoms with E-state index in [0.717, 1.165) is 5.56 Å². The number of aryl methyl sites for hydroxylation is 1. The number of likely N-dealkylation sites (tertiary alicyclic amines) is 2. The van der Waals surface area contributed by atoms with Crippen molar-refractivity contribution in [1.29, 1.82) is 0 Å². The Kier molecular flexibility index (Phi) is 4.18. The Morgan fingerprint density at radius 3 is 2.54 bits per heavy atom. The summed E-state index contributed by atoms with van der Waals surface area (Å²) in [5.41, 5.74) is 1.58. The summed E-state index contributed by atoms with van der Waals surface area (Å²) in [5.74, 6) is 1.20. The molecule has 0 radical (unpaired) electrons. The van der Waals surface area contributed by atoms with E-state index in [4.69, 9.17) is 0 Å². The second-order valence-electron chi connectivity index (χ2n) is 7.15. The number of carbonyl (C=O) groups excluding carboxylic acids is 2. The Hall–Kier alpha value is -2.76. The van der Waals surface area contributed by atoms with E-state index in [0.29, 0.717) is 37.1 Å². The summed E-state index contributed by atoms with van der Waals surface area (Å²) in [6.07, 6.45) is 1.62. The number of carbonyl (C=O) groups is 2. The van der Waals surface area contributed by atoms with E-state index in [1.165, 1.54) is 0 Å². The lowest BCUT2D eigenvalue weighted by atomic mass is 9.89. The zero-order valence-corrected chi connectivity index (χ0v) is 15.0. The van der Waals surface area contributed by atoms with Crippen molar-refractivity contribution in [3.05, 3.63) is 59.7 Å². The highest BCUT2D eigenvalue weighted by molar-refractivity contribution is 5.92. The molecule has 1 aromatic heterocycles. The van der Waals surface area contributed by atoms with Crippen LogP contribution in [0.3, 0.4) is 0 Å². The zero-order chi connectivity index (χ0) is 18.3. The third-order valence-electron chi connectivity index (χ3n) is 5.49. The van der Waals surface area contributed by atoms with Crippen molar-refractivity contribution in [2.75, 3.05) is 19.6 Å². The molecule has 0 aliphatic carbocycles. The summed E-state index contributed by atoms with van der Waals surface area (Å²) >= 11 is 0. The van der Waals surface area contributed by atoms with Crippen LogP contribution in [0.1, 0.15) is 34.8 Å². The summed E-state index contributed by atoms with van der Waals surface area (Å²) in [6.45, 7) is 5.43. The average molecular weight is 350 g/mol. The lowest BCUT2D eigenvalue weighted by Gasteiger charge is -2.29. The lowest BCUT2D eigenvalue weighted by molar-refractivity contribution is -0.130. The van der Waals surface area contributed by atoms with Gasteiger partial charge in [-0.2, -0.15) is 0 Å². The van der Waals surface area contributed by atoms with Gasteiger partial charge in [0.05, 0.1) is 6.04 Å². The van der Waals surface area contributed by atoms with Crippen LogP contribution in [0.4, 0.5) is 0 Å². The van der Waals surface area contributed by atoms with Crippen molar-refractivity contribution >= 4 is 11.8 Å². The van der Waals surface area contributed by atoms with Gasteiger partial charge < -0.3 is 9.80 Å². The van der Waals surface area contributed by atoms with Crippen LogP contribution >= 0.6 is 0 Å². The second-order valence-corrected chi connectivity index (χ2v) is 7.15. The molecule has 4 rings (SSSR count). The van der Waals surface area contributed by atoms with Gasteiger partial charge in [-0.05, 0) is 18.6 Å². The summed E-state index contributed by atoms with van der Waals surface area (Å²) in [7, 11) is 0. The molecule has 3 atom stereocenters. The van der Waals surface area contributed by atoms with Crippen molar-refractivity contribution in [3.8, 4) is 0 Å². The van der Waals surface area contributed by atoms with Gasteiger partial charge in [-0.15, -0.1) is 0 Å². The van der Waals surface area contributed by atoms with Gasteiger partial charge in [0, 0.05) is 44.6 Å². The van der Waals surface area contributed by atoms with E-state index in [1.54, 1.807) is 26.1 Å². The first-order valence-electron chi connectivity index (χ1n) is 8.95. The molecule has 2 aliphatic rings. The van der Waals surface area contributed by atoms with Crippen LogP contribution in [0.2, 0.25) is 0 Å². The molecule has 1 aromatic carbocycles. The molecule has 2 aromatic rings. The molecule has 6 heteroatoms. The highest BCUT2D eigenvalue weighted by Gasteiger charge is 2.49. The Labute approximate surface area is 152 Å². The topological polar surface area (TPSA) is 66.4 Å². The maximum Gasteiger partial charge on any atom is 0.272 e. The highest BCUT2D eigenvalue weighted by atomic mass is 16.2. The van der Waals surface area contributed by atoms with Crippen molar-refractivity contribution < 1.29 is 9.59 Å². The third-order valence-corrected chi connectivity index (χ3v) is 5.49. The summed E-state index contributed by atoms with van der Waals surface area (Å²) in [5, 5.41) is 0. The molecule has 134 valence electrons. The number of amides is 2. The first-order valence-corrected chi connectivity index (χ1v) is 8.95. The standard InChI is InChI=1S/C20H22N4O2/c1-13-21-9-8-18(22-13)20(26)23-10-16-11-24(14(2)25)19(17(16)12-23)15-6-4-3-5-7-15/h3-9,16-17,19H,10-12H2,1-2H3/t16-,17-,19+/m1/s1. The monoisotopic (exact) mass is 350 g/mol. The van der Waals surface area contributed by atoms with Gasteiger partial charge in [-0.25, -0.2) is 9.97 Å². The Balaban J connectivity index is 1.59. The Bertz CT molecular complexity index is 839. The van der Waals surface area contributed by atoms with Crippen LogP contribution in [0, 0.1) is 18.8 Å². The van der Waals surface area contributed by atoms with Gasteiger partial charge in [-0.1, -0.05) is 30.3 Å². The predicted molar refractivity (Wildman–Crippen MR) is 96.2 cm³/mol. The van der Waals surface area contributed by atoms with Crippen LogP contribution in [0.25, 0.3) is 0 Å². The van der Waals surface area contributed by atoms with Crippen molar-refractivity contribution in [2.24, 2.45) is 11.8 Å². The second kappa shape index (κ2) is 6.52. The van der Waals surface area contributed by atoms with E-state index in [2.05, 4.69) is 22.1 Å². The molecule has 2 fully saturated rings. The van der Waals surface area contributed by atoms with E-state index >= 15 is 0 Å². The first-order chi connectivity index (χ1) is 12.5. The van der Waals surface area contributed by atoms with Crippen LogP contribution in [-0.4, -0.2) is 51.2 Å². The summed E-state index contributed by atoms with van der Waals surface area (Å²) in [6, 6.07) is 11.8. The Morgan fingerprint density at radius 1 is 1.08 bits per heavy atom. The van der Waals surface area contributed by atoms with Crippen molar-refractivity contribution in [2.45, 2.75) is 19.9 Å². The van der Waals surface area contributed by atoms with Crippen LogP contribution < -0.4 is 0 Å². The van der Waals surface area contributed by atoms with Crippen LogP contribution in [0.15, 0.2) is 42.6 Å². The summed E-state index contributed by atoms with van der Waals surface area (Å²) in [4.78, 5) is 37.2. The number of aromatic nitrogens is 2. The molecule has 26 heavy (non-hydrogen) atoms. The first kappa shape index (κ1) is 16.7. The molecule has 2 aliphatic heterocycles. The molecule has 6 nitrogen and oxygen atoms in total. The van der Waals surface area contributed by atoms with Gasteiger partial charge in [0.1, 0.15) is 11.5 Å². The third kappa shape index (κ3) is 2.85. The van der Waals surface area contributed by atoms with Gasteiger partial charge in [0.15, 0.2) is 0 Å². The molecule has 0 unspecified atom stereocenters. The molecule has 2 saturated heterocycles. The van der Waals surface area contributed by atoms with Crippen molar-refractivity contribution in [3.63, 3.8) is 0 Å². The zero-order valence-electron chi connectivity index (χ0n) is 15.0. The minimum absolute atomic E-state index is 0.0311. The lowest BCUT2D eigenvalue weighted by Crippen LogP contribution is -2.36. The fourth-order valence-corrected chi connectivity index (χ4v) is 4.35. The number of rotatable bonds is 2. The van der Waals surface area contributed by atoms with Gasteiger partial charge >= 0.3 is 0 Å². The molecule has 0 spiro atoms. The molecule has 0 bridgehead atoms. The van der Waals surface area contributed by atoms with E-state index in [1.807, 2.05) is 28.0 Å². The van der Waals surface area contributed by atoms with Crippen LogP contribution in [0.5, 0.6) is 0 Å². The quantitative estimate of drug-likeness (QED) is 0.832. The predicted octanol–water partition coefficient (Wildman–Crippen LogP) is 2.08. The molecular weight excluding hydrogens is 328 g/mol. The van der Waals surface area contributed by atoms with Gasteiger partial charge in [0.2, 0.25) is 5.91 Å². The van der Waals surface area contributed by atoms with Gasteiger partial charge in [0.25, 0.3) is 5.91 Å². The minimum atomic E-state index is -0.0499. The Morgan fingerprint density at radius 2 is 1.85 bits per heavy atom. The number of hydrogen-bond acceptors (Lipinski definition) is 4. The number of hydrogen-bond donors (Lipinski definition) is 0. The van der Waals surface area contributed by atoms with Crippen molar-refractivity contribution in [1.82, 2.24) is 19.8 Å². The van der Waals surface area contributed by atoms with Crippen LogP contribution in [-0.2, 0) is 4.79 Å². The molecular formula is C20H22N4O2. The normalized spacial score (nSPS) is 24.6. The summed E-state index contributed by atoms with van der Waals surface area (Å²) < 4.78 is 0. The number of fused-ring (bicyclic) bond motifs is 1. The SMILES string of the molecule is CC(=O)N1C[C@H]2CN(C(=O)c3ccnc(C)n3)C[C@H]2[C@@H]1c1ccccc1. The van der Waals surface area contributed by atoms with Gasteiger partial charge in [-0.3, -0.25) is 9.59 Å². The van der Waals surface area contributed by atoms with E-state index in [-0.39, 0.29) is 23.8 Å².